The number of benzene rings is 1. The molecule has 3 nitrogen and oxygen atoms in total. The highest BCUT2D eigenvalue weighted by atomic mass is 35.5. The van der Waals surface area contributed by atoms with E-state index >= 15 is 0 Å². The Morgan fingerprint density at radius 2 is 2.11 bits per heavy atom. The summed E-state index contributed by atoms with van der Waals surface area (Å²) in [6.45, 7) is 0. The summed E-state index contributed by atoms with van der Waals surface area (Å²) in [5.41, 5.74) is -0.371. The normalized spacial score (nSPS) is 10.3. The molecule has 18 heavy (non-hydrogen) atoms. The lowest BCUT2D eigenvalue weighted by molar-refractivity contribution is 0.0688. The van der Waals surface area contributed by atoms with Crippen LogP contribution in [0, 0.1) is 5.82 Å². The van der Waals surface area contributed by atoms with Gasteiger partial charge in [0.25, 0.3) is 0 Å². The fourth-order valence-corrected chi connectivity index (χ4v) is 2.51. The van der Waals surface area contributed by atoms with E-state index in [-0.39, 0.29) is 10.5 Å². The standard InChI is InChI=1S/C12H7ClFNO2S/c13-7-3-2-6-15-11(7)18-9-5-1-4-8(14)10(9)12(16)17/h1-6H,(H,16,17). The Hall–Kier alpha value is -1.59. The zero-order chi connectivity index (χ0) is 13.1. The molecule has 2 rings (SSSR count). The van der Waals surface area contributed by atoms with E-state index in [2.05, 4.69) is 4.98 Å². The lowest BCUT2D eigenvalue weighted by Gasteiger charge is -2.06. The maximum atomic E-state index is 13.5. The zero-order valence-electron chi connectivity index (χ0n) is 8.93. The van der Waals surface area contributed by atoms with Gasteiger partial charge in [0, 0.05) is 11.1 Å². The molecule has 0 aliphatic rings. The van der Waals surface area contributed by atoms with E-state index in [0.717, 1.165) is 17.8 Å². The van der Waals surface area contributed by atoms with Crippen molar-refractivity contribution in [3.8, 4) is 0 Å². The number of carboxylic acid groups (broad SMARTS) is 1. The summed E-state index contributed by atoms with van der Waals surface area (Å²) in [6.07, 6.45) is 1.54. The van der Waals surface area contributed by atoms with Crippen LogP contribution in [0.1, 0.15) is 10.4 Å². The molecule has 0 unspecified atom stereocenters. The van der Waals surface area contributed by atoms with Crippen molar-refractivity contribution in [1.29, 1.82) is 0 Å². The second-order valence-electron chi connectivity index (χ2n) is 3.31. The molecular weight excluding hydrogens is 277 g/mol. The van der Waals surface area contributed by atoms with Gasteiger partial charge in [-0.05, 0) is 24.3 Å². The number of rotatable bonds is 3. The molecule has 0 bridgehead atoms. The summed E-state index contributed by atoms with van der Waals surface area (Å²) < 4.78 is 13.5. The quantitative estimate of drug-likeness (QED) is 0.932. The molecule has 1 N–H and O–H groups in total. The fourth-order valence-electron chi connectivity index (χ4n) is 1.35. The molecule has 0 aliphatic heterocycles. The molecule has 92 valence electrons. The van der Waals surface area contributed by atoms with Crippen molar-refractivity contribution in [1.82, 2.24) is 4.98 Å². The molecule has 0 saturated carbocycles. The van der Waals surface area contributed by atoms with Gasteiger partial charge in [-0.1, -0.05) is 29.4 Å². The molecule has 0 fully saturated rings. The van der Waals surface area contributed by atoms with Gasteiger partial charge in [0.15, 0.2) is 0 Å². The van der Waals surface area contributed by atoms with Gasteiger partial charge in [0.2, 0.25) is 0 Å². The van der Waals surface area contributed by atoms with Crippen LogP contribution in [0.15, 0.2) is 46.5 Å². The van der Waals surface area contributed by atoms with Gasteiger partial charge in [-0.2, -0.15) is 0 Å². The maximum absolute atomic E-state index is 13.5. The van der Waals surface area contributed by atoms with Gasteiger partial charge < -0.3 is 5.11 Å². The Balaban J connectivity index is 2.44. The third-order valence-corrected chi connectivity index (χ3v) is 3.62. The van der Waals surface area contributed by atoms with Crippen LogP contribution in [0.25, 0.3) is 0 Å². The molecule has 0 atom stereocenters. The molecule has 1 aromatic heterocycles. The van der Waals surface area contributed by atoms with E-state index in [1.807, 2.05) is 0 Å². The Bertz CT molecular complexity index is 606. The molecule has 6 heteroatoms. The van der Waals surface area contributed by atoms with Gasteiger partial charge in [-0.3, -0.25) is 0 Å². The van der Waals surface area contributed by atoms with E-state index in [4.69, 9.17) is 16.7 Å². The number of pyridine rings is 1. The predicted molar refractivity (Wildman–Crippen MR) is 66.7 cm³/mol. The van der Waals surface area contributed by atoms with Crippen molar-refractivity contribution in [3.05, 3.63) is 52.9 Å². The predicted octanol–water partition coefficient (Wildman–Crippen LogP) is 3.72. The first-order chi connectivity index (χ1) is 8.59. The van der Waals surface area contributed by atoms with Crippen LogP contribution in [0.3, 0.4) is 0 Å². The highest BCUT2D eigenvalue weighted by Crippen LogP contribution is 2.34. The number of carbonyl (C=O) groups is 1. The number of aromatic carboxylic acids is 1. The molecule has 0 amide bonds. The molecule has 0 aliphatic carbocycles. The fraction of sp³-hybridized carbons (Fsp3) is 0. The van der Waals surface area contributed by atoms with Crippen LogP contribution in [-0.2, 0) is 0 Å². The van der Waals surface area contributed by atoms with Crippen LogP contribution < -0.4 is 0 Å². The molecule has 1 aromatic carbocycles. The number of hydrogen-bond acceptors (Lipinski definition) is 3. The molecule has 0 saturated heterocycles. The summed E-state index contributed by atoms with van der Waals surface area (Å²) in [7, 11) is 0. The lowest BCUT2D eigenvalue weighted by Crippen LogP contribution is -2.02. The van der Waals surface area contributed by atoms with E-state index in [1.165, 1.54) is 18.3 Å². The lowest BCUT2D eigenvalue weighted by atomic mass is 10.2. The highest BCUT2D eigenvalue weighted by Gasteiger charge is 2.17. The monoisotopic (exact) mass is 283 g/mol. The van der Waals surface area contributed by atoms with E-state index in [0.29, 0.717) is 10.0 Å². The largest absolute Gasteiger partial charge is 0.478 e. The van der Waals surface area contributed by atoms with E-state index < -0.39 is 11.8 Å². The van der Waals surface area contributed by atoms with Crippen LogP contribution in [-0.4, -0.2) is 16.1 Å². The smallest absolute Gasteiger partial charge is 0.339 e. The van der Waals surface area contributed by atoms with Gasteiger partial charge >= 0.3 is 5.97 Å². The van der Waals surface area contributed by atoms with Crippen LogP contribution in [0.5, 0.6) is 0 Å². The highest BCUT2D eigenvalue weighted by molar-refractivity contribution is 7.99. The van der Waals surface area contributed by atoms with Crippen molar-refractivity contribution in [2.45, 2.75) is 9.92 Å². The van der Waals surface area contributed by atoms with Crippen LogP contribution in [0.4, 0.5) is 4.39 Å². The minimum Gasteiger partial charge on any atom is -0.478 e. The summed E-state index contributed by atoms with van der Waals surface area (Å²) in [6, 6.07) is 7.36. The Morgan fingerprint density at radius 1 is 1.33 bits per heavy atom. The first-order valence-corrected chi connectivity index (χ1v) is 6.09. The van der Waals surface area contributed by atoms with Crippen LogP contribution in [0.2, 0.25) is 5.02 Å². The number of nitrogens with zero attached hydrogens (tertiary/aromatic N) is 1. The van der Waals surface area contributed by atoms with Gasteiger partial charge in [-0.25, -0.2) is 14.2 Å². The second kappa shape index (κ2) is 5.37. The summed E-state index contributed by atoms with van der Waals surface area (Å²) >= 11 is 6.94. The first kappa shape index (κ1) is 12.9. The third-order valence-electron chi connectivity index (χ3n) is 2.12. The van der Waals surface area contributed by atoms with Crippen molar-refractivity contribution < 1.29 is 14.3 Å². The van der Waals surface area contributed by atoms with E-state index in [1.54, 1.807) is 12.1 Å². The van der Waals surface area contributed by atoms with Gasteiger partial charge in [-0.15, -0.1) is 0 Å². The van der Waals surface area contributed by atoms with Crippen LogP contribution >= 0.6 is 23.4 Å². The van der Waals surface area contributed by atoms with Gasteiger partial charge in [0.1, 0.15) is 16.4 Å². The molecule has 2 aromatic rings. The average Bonchev–Trinajstić information content (AvgIpc) is 2.31. The van der Waals surface area contributed by atoms with Crippen molar-refractivity contribution >= 4 is 29.3 Å². The molecule has 0 radical (unpaired) electrons. The minimum absolute atomic E-state index is 0.267. The number of aromatic nitrogens is 1. The number of carboxylic acids is 1. The van der Waals surface area contributed by atoms with Gasteiger partial charge in [0.05, 0.1) is 5.02 Å². The average molecular weight is 284 g/mol. The molecule has 0 spiro atoms. The number of halogens is 2. The first-order valence-electron chi connectivity index (χ1n) is 4.90. The second-order valence-corrected chi connectivity index (χ2v) is 4.75. The number of hydrogen-bond donors (Lipinski definition) is 1. The summed E-state index contributed by atoms with van der Waals surface area (Å²) in [5, 5.41) is 9.82. The summed E-state index contributed by atoms with van der Waals surface area (Å²) in [5.74, 6) is -2.10. The summed E-state index contributed by atoms with van der Waals surface area (Å²) in [4.78, 5) is 15.3. The molecular formula is C12H7ClFNO2S. The third kappa shape index (κ3) is 2.63. The van der Waals surface area contributed by atoms with Crippen molar-refractivity contribution in [2.24, 2.45) is 0 Å². The van der Waals surface area contributed by atoms with Crippen molar-refractivity contribution in [3.63, 3.8) is 0 Å². The Kier molecular flexibility index (Phi) is 3.84. The Labute approximate surface area is 112 Å². The van der Waals surface area contributed by atoms with E-state index in [9.17, 15) is 9.18 Å². The maximum Gasteiger partial charge on any atom is 0.339 e. The van der Waals surface area contributed by atoms with Crippen molar-refractivity contribution in [2.75, 3.05) is 0 Å². The SMILES string of the molecule is O=C(O)c1c(F)cccc1Sc1ncccc1Cl. The topological polar surface area (TPSA) is 50.2 Å². The minimum atomic E-state index is -1.32. The zero-order valence-corrected chi connectivity index (χ0v) is 10.5. The molecule has 1 heterocycles. The Morgan fingerprint density at radius 3 is 2.78 bits per heavy atom.